The molecule has 1 aliphatic rings. The highest BCUT2D eigenvalue weighted by Gasteiger charge is 2.36. The summed E-state index contributed by atoms with van der Waals surface area (Å²) in [7, 11) is -3.70. The average Bonchev–Trinajstić information content (AvgIpc) is 3.06. The molecule has 0 unspecified atom stereocenters. The van der Waals surface area contributed by atoms with Crippen molar-refractivity contribution in [2.24, 2.45) is 0 Å². The van der Waals surface area contributed by atoms with E-state index in [0.717, 1.165) is 11.1 Å². The number of benzene rings is 2. The maximum atomic E-state index is 12.9. The largest absolute Gasteiger partial charge is 0.269 e. The van der Waals surface area contributed by atoms with Crippen LogP contribution in [0.5, 0.6) is 0 Å². The van der Waals surface area contributed by atoms with Gasteiger partial charge in [-0.25, -0.2) is 8.42 Å². The molecule has 0 N–H and O–H groups in total. The van der Waals surface area contributed by atoms with Crippen LogP contribution in [-0.4, -0.2) is 29.9 Å². The molecule has 0 aromatic heterocycles. The van der Waals surface area contributed by atoms with Crippen LogP contribution in [0.3, 0.4) is 0 Å². The average molecular weight is 364 g/mol. The highest BCUT2D eigenvalue weighted by molar-refractivity contribution is 8.01. The van der Waals surface area contributed by atoms with E-state index in [1.807, 2.05) is 31.2 Å². The molecule has 0 aliphatic carbocycles. The summed E-state index contributed by atoms with van der Waals surface area (Å²) < 4.78 is 27.3. The van der Waals surface area contributed by atoms with Crippen molar-refractivity contribution in [2.75, 3.05) is 12.3 Å². The Bertz CT molecular complexity index is 849. The zero-order valence-corrected chi connectivity index (χ0v) is 14.6. The Morgan fingerprint density at radius 2 is 1.75 bits per heavy atom. The molecule has 24 heavy (non-hydrogen) atoms. The Morgan fingerprint density at radius 3 is 2.33 bits per heavy atom. The fourth-order valence-corrected chi connectivity index (χ4v) is 5.81. The molecule has 3 rings (SSSR count). The fourth-order valence-electron chi connectivity index (χ4n) is 2.57. The highest BCUT2D eigenvalue weighted by Crippen LogP contribution is 2.41. The summed E-state index contributed by atoms with van der Waals surface area (Å²) >= 11 is 1.58. The monoisotopic (exact) mass is 364 g/mol. The van der Waals surface area contributed by atoms with E-state index < -0.39 is 14.9 Å². The minimum absolute atomic E-state index is 0.0766. The Balaban J connectivity index is 1.93. The Hall–Kier alpha value is -1.90. The number of aryl methyl sites for hydroxylation is 1. The second-order valence-electron chi connectivity index (χ2n) is 5.50. The van der Waals surface area contributed by atoms with Crippen LogP contribution >= 0.6 is 11.8 Å². The lowest BCUT2D eigenvalue weighted by Crippen LogP contribution is -2.30. The summed E-state index contributed by atoms with van der Waals surface area (Å²) in [5.41, 5.74) is 1.93. The Morgan fingerprint density at radius 1 is 1.12 bits per heavy atom. The molecule has 2 aromatic carbocycles. The molecule has 0 spiro atoms. The molecule has 2 aromatic rings. The van der Waals surface area contributed by atoms with Crippen LogP contribution in [0.15, 0.2) is 53.4 Å². The molecule has 1 aliphatic heterocycles. The fraction of sp³-hybridized carbons (Fsp3) is 0.250. The minimum atomic E-state index is -3.70. The first kappa shape index (κ1) is 16.9. The molecule has 1 heterocycles. The molecular formula is C16H16N2O4S2. The van der Waals surface area contributed by atoms with E-state index >= 15 is 0 Å². The number of hydrogen-bond donors (Lipinski definition) is 0. The summed E-state index contributed by atoms with van der Waals surface area (Å²) in [4.78, 5) is 10.3. The number of nitro benzene ring substituents is 1. The van der Waals surface area contributed by atoms with Crippen molar-refractivity contribution in [2.45, 2.75) is 17.2 Å². The third-order valence-electron chi connectivity index (χ3n) is 3.87. The summed E-state index contributed by atoms with van der Waals surface area (Å²) in [5.74, 6) is 0.713. The van der Waals surface area contributed by atoms with E-state index in [0.29, 0.717) is 12.3 Å². The van der Waals surface area contributed by atoms with E-state index in [-0.39, 0.29) is 16.0 Å². The third kappa shape index (κ3) is 3.17. The zero-order chi connectivity index (χ0) is 17.3. The normalized spacial score (nSPS) is 18.6. The predicted octanol–water partition coefficient (Wildman–Crippen LogP) is 3.34. The lowest BCUT2D eigenvalue weighted by Gasteiger charge is -2.23. The van der Waals surface area contributed by atoms with Gasteiger partial charge in [0.2, 0.25) is 10.0 Å². The maximum absolute atomic E-state index is 12.9. The van der Waals surface area contributed by atoms with Crippen LogP contribution in [0.2, 0.25) is 0 Å². The zero-order valence-electron chi connectivity index (χ0n) is 13.0. The number of thioether (sulfide) groups is 1. The lowest BCUT2D eigenvalue weighted by molar-refractivity contribution is -0.384. The Kier molecular flexibility index (Phi) is 4.62. The summed E-state index contributed by atoms with van der Waals surface area (Å²) in [5, 5.41) is 10.5. The van der Waals surface area contributed by atoms with Crippen molar-refractivity contribution in [3.05, 3.63) is 69.8 Å². The van der Waals surface area contributed by atoms with E-state index in [1.165, 1.54) is 28.6 Å². The first-order valence-corrected chi connectivity index (χ1v) is 9.83. The molecule has 1 fully saturated rings. The van der Waals surface area contributed by atoms with Gasteiger partial charge in [-0.1, -0.05) is 29.8 Å². The summed E-state index contributed by atoms with van der Waals surface area (Å²) in [6.45, 7) is 2.40. The molecule has 126 valence electrons. The molecule has 0 saturated carbocycles. The van der Waals surface area contributed by atoms with Crippen molar-refractivity contribution in [1.82, 2.24) is 4.31 Å². The summed E-state index contributed by atoms with van der Waals surface area (Å²) in [6.07, 6.45) is 0. The minimum Gasteiger partial charge on any atom is -0.258 e. The van der Waals surface area contributed by atoms with E-state index in [2.05, 4.69) is 0 Å². The molecule has 6 nitrogen and oxygen atoms in total. The van der Waals surface area contributed by atoms with Gasteiger partial charge >= 0.3 is 0 Å². The number of non-ortho nitro benzene ring substituents is 1. The van der Waals surface area contributed by atoms with Crippen molar-refractivity contribution >= 4 is 27.5 Å². The first-order valence-electron chi connectivity index (χ1n) is 7.34. The first-order chi connectivity index (χ1) is 11.4. The molecule has 0 amide bonds. The van der Waals surface area contributed by atoms with Crippen molar-refractivity contribution in [3.8, 4) is 0 Å². The number of rotatable bonds is 4. The maximum Gasteiger partial charge on any atom is 0.269 e. The molecule has 8 heteroatoms. The van der Waals surface area contributed by atoms with Gasteiger partial charge in [0.1, 0.15) is 0 Å². The van der Waals surface area contributed by atoms with Crippen LogP contribution in [0.25, 0.3) is 0 Å². The van der Waals surface area contributed by atoms with Crippen molar-refractivity contribution < 1.29 is 13.3 Å². The SMILES string of the molecule is Cc1ccc([C@H]2SCCN2S(=O)(=O)c2ccc([N+](=O)[O-])cc2)cc1. The third-order valence-corrected chi connectivity index (χ3v) is 7.14. The van der Waals surface area contributed by atoms with Crippen LogP contribution in [0.1, 0.15) is 16.5 Å². The molecule has 1 saturated heterocycles. The topological polar surface area (TPSA) is 80.5 Å². The standard InChI is InChI=1S/C16H16N2O4S2/c1-12-2-4-13(5-3-12)16-17(10-11-23-16)24(21,22)15-8-6-14(7-9-15)18(19)20/h2-9,16H,10-11H2,1H3/t16-/m1/s1. The van der Waals surface area contributed by atoms with E-state index in [1.54, 1.807) is 11.8 Å². The van der Waals surface area contributed by atoms with Crippen LogP contribution < -0.4 is 0 Å². The van der Waals surface area contributed by atoms with E-state index in [4.69, 9.17) is 0 Å². The van der Waals surface area contributed by atoms with Crippen molar-refractivity contribution in [1.29, 1.82) is 0 Å². The van der Waals surface area contributed by atoms with Gasteiger partial charge in [-0.3, -0.25) is 10.1 Å². The van der Waals surface area contributed by atoms with Crippen LogP contribution in [-0.2, 0) is 10.0 Å². The van der Waals surface area contributed by atoms with Crippen LogP contribution in [0, 0.1) is 17.0 Å². The van der Waals surface area contributed by atoms with Crippen molar-refractivity contribution in [3.63, 3.8) is 0 Å². The van der Waals surface area contributed by atoms with Gasteiger partial charge in [0, 0.05) is 24.4 Å². The Labute approximate surface area is 144 Å². The molecule has 1 atom stereocenters. The number of nitro groups is 1. The predicted molar refractivity (Wildman–Crippen MR) is 93.4 cm³/mol. The number of hydrogen-bond acceptors (Lipinski definition) is 5. The van der Waals surface area contributed by atoms with Crippen LogP contribution in [0.4, 0.5) is 5.69 Å². The van der Waals surface area contributed by atoms with Gasteiger partial charge in [-0.05, 0) is 24.6 Å². The van der Waals surface area contributed by atoms with Gasteiger partial charge < -0.3 is 0 Å². The number of sulfonamides is 1. The smallest absolute Gasteiger partial charge is 0.258 e. The molecular weight excluding hydrogens is 348 g/mol. The molecule has 0 radical (unpaired) electrons. The van der Waals surface area contributed by atoms with E-state index in [9.17, 15) is 18.5 Å². The second kappa shape index (κ2) is 6.54. The van der Waals surface area contributed by atoms with Gasteiger partial charge in [0.15, 0.2) is 0 Å². The molecule has 0 bridgehead atoms. The lowest BCUT2D eigenvalue weighted by atomic mass is 10.1. The number of nitrogens with zero attached hydrogens (tertiary/aromatic N) is 2. The quantitative estimate of drug-likeness (QED) is 0.614. The second-order valence-corrected chi connectivity index (χ2v) is 8.58. The van der Waals surface area contributed by atoms with Gasteiger partial charge in [-0.2, -0.15) is 4.31 Å². The summed E-state index contributed by atoms with van der Waals surface area (Å²) in [6, 6.07) is 12.8. The van der Waals surface area contributed by atoms with Gasteiger partial charge in [-0.15, -0.1) is 11.8 Å². The van der Waals surface area contributed by atoms with Gasteiger partial charge in [0.05, 0.1) is 15.2 Å². The van der Waals surface area contributed by atoms with Gasteiger partial charge in [0.25, 0.3) is 5.69 Å². The highest BCUT2D eigenvalue weighted by atomic mass is 32.2.